The van der Waals surface area contributed by atoms with Gasteiger partial charge in [-0.05, 0) is 0 Å². The van der Waals surface area contributed by atoms with E-state index in [0.717, 1.165) is 0 Å². The Morgan fingerprint density at radius 2 is 2.33 bits per heavy atom. The normalized spacial score (nSPS) is 15.3. The maximum atomic E-state index is 11.9. The fourth-order valence-corrected chi connectivity index (χ4v) is 1.70. The third kappa shape index (κ3) is 2.58. The minimum atomic E-state index is -0.150. The van der Waals surface area contributed by atoms with Gasteiger partial charge in [0.1, 0.15) is 6.54 Å². The number of aromatic nitrogens is 2. The van der Waals surface area contributed by atoms with Crippen LogP contribution in [-0.2, 0) is 11.3 Å². The van der Waals surface area contributed by atoms with Crippen LogP contribution in [0.25, 0.3) is 0 Å². The maximum absolute atomic E-state index is 11.9. The lowest BCUT2D eigenvalue weighted by atomic mass is 10.4. The lowest BCUT2D eigenvalue weighted by Gasteiger charge is -2.20. The van der Waals surface area contributed by atoms with Crippen LogP contribution >= 0.6 is 0 Å². The molecule has 8 heteroatoms. The minimum Gasteiger partial charge on any atom is -0.343 e. The second-order valence-electron chi connectivity index (χ2n) is 4.22. The zero-order chi connectivity index (χ0) is 13.1. The summed E-state index contributed by atoms with van der Waals surface area (Å²) in [5.74, 6) is 0.291. The molecule has 1 saturated heterocycles. The summed E-state index contributed by atoms with van der Waals surface area (Å²) in [5.41, 5.74) is 0. The third-order valence-corrected chi connectivity index (χ3v) is 2.84. The van der Waals surface area contributed by atoms with E-state index in [-0.39, 0.29) is 25.0 Å². The van der Waals surface area contributed by atoms with E-state index in [1.807, 2.05) is 0 Å². The number of nitrogens with zero attached hydrogens (tertiary/aromatic N) is 5. The van der Waals surface area contributed by atoms with E-state index in [1.54, 1.807) is 19.0 Å². The molecule has 0 spiro atoms. The molecule has 0 aliphatic carbocycles. The number of hydrogen-bond donors (Lipinski definition) is 0. The third-order valence-electron chi connectivity index (χ3n) is 2.84. The molecule has 1 fully saturated rings. The molecule has 0 unspecified atom stereocenters. The van der Waals surface area contributed by atoms with Crippen LogP contribution in [0.5, 0.6) is 0 Å². The standard InChI is InChI=1S/C10H15N5O3/c1-13-3-4-15(10(13)17)6-9(16)14(2)5-8-11-7-18-12-8/h7H,3-6H2,1-2H3. The van der Waals surface area contributed by atoms with Gasteiger partial charge in [0.25, 0.3) is 0 Å². The summed E-state index contributed by atoms with van der Waals surface area (Å²) in [5, 5.41) is 3.63. The smallest absolute Gasteiger partial charge is 0.320 e. The van der Waals surface area contributed by atoms with Crippen molar-refractivity contribution in [3.8, 4) is 0 Å². The van der Waals surface area contributed by atoms with Gasteiger partial charge in [-0.25, -0.2) is 4.79 Å². The molecule has 0 atom stereocenters. The molecule has 1 aliphatic rings. The van der Waals surface area contributed by atoms with E-state index in [1.165, 1.54) is 16.2 Å². The average molecular weight is 253 g/mol. The number of carbonyl (C=O) groups is 2. The van der Waals surface area contributed by atoms with Crippen molar-refractivity contribution < 1.29 is 14.1 Å². The van der Waals surface area contributed by atoms with Gasteiger partial charge in [-0.3, -0.25) is 4.79 Å². The lowest BCUT2D eigenvalue weighted by Crippen LogP contribution is -2.40. The van der Waals surface area contributed by atoms with Gasteiger partial charge in [0.15, 0.2) is 5.82 Å². The van der Waals surface area contributed by atoms with Crippen LogP contribution in [-0.4, -0.2) is 70.5 Å². The second-order valence-corrected chi connectivity index (χ2v) is 4.22. The molecule has 2 heterocycles. The van der Waals surface area contributed by atoms with Crippen molar-refractivity contribution in [2.75, 3.05) is 33.7 Å². The van der Waals surface area contributed by atoms with E-state index in [2.05, 4.69) is 14.7 Å². The first-order chi connectivity index (χ1) is 8.58. The molecule has 1 aliphatic heterocycles. The molecule has 8 nitrogen and oxygen atoms in total. The Bertz CT molecular complexity index is 433. The van der Waals surface area contributed by atoms with Gasteiger partial charge in [-0.15, -0.1) is 0 Å². The molecular formula is C10H15N5O3. The summed E-state index contributed by atoms with van der Waals surface area (Å²) in [6.45, 7) is 1.59. The largest absolute Gasteiger partial charge is 0.343 e. The van der Waals surface area contributed by atoms with Crippen LogP contribution < -0.4 is 0 Å². The average Bonchev–Trinajstić information content (AvgIpc) is 2.94. The predicted molar refractivity (Wildman–Crippen MR) is 60.4 cm³/mol. The number of urea groups is 1. The summed E-state index contributed by atoms with van der Waals surface area (Å²) in [4.78, 5) is 31.9. The highest BCUT2D eigenvalue weighted by Gasteiger charge is 2.27. The van der Waals surface area contributed by atoms with Gasteiger partial charge in [0, 0.05) is 27.2 Å². The Kier molecular flexibility index (Phi) is 3.45. The molecule has 18 heavy (non-hydrogen) atoms. The van der Waals surface area contributed by atoms with Crippen LogP contribution in [0.2, 0.25) is 0 Å². The topological polar surface area (TPSA) is 82.8 Å². The molecule has 0 bridgehead atoms. The molecule has 0 saturated carbocycles. The Labute approximate surface area is 104 Å². The molecule has 1 aromatic heterocycles. The van der Waals surface area contributed by atoms with Crippen molar-refractivity contribution in [1.82, 2.24) is 24.8 Å². The Morgan fingerprint density at radius 1 is 1.56 bits per heavy atom. The number of carbonyl (C=O) groups excluding carboxylic acids is 2. The first-order valence-corrected chi connectivity index (χ1v) is 5.57. The Balaban J connectivity index is 1.86. The van der Waals surface area contributed by atoms with Crippen molar-refractivity contribution in [2.24, 2.45) is 0 Å². The molecular weight excluding hydrogens is 238 g/mol. The fraction of sp³-hybridized carbons (Fsp3) is 0.600. The van der Waals surface area contributed by atoms with E-state index in [9.17, 15) is 9.59 Å². The number of amides is 3. The van der Waals surface area contributed by atoms with E-state index >= 15 is 0 Å². The Hall–Kier alpha value is -2.12. The quantitative estimate of drug-likeness (QED) is 0.715. The monoisotopic (exact) mass is 253 g/mol. The summed E-state index contributed by atoms with van der Waals surface area (Å²) in [6.07, 6.45) is 1.21. The highest BCUT2D eigenvalue weighted by molar-refractivity contribution is 5.84. The molecule has 0 aromatic carbocycles. The van der Waals surface area contributed by atoms with Gasteiger partial charge in [0.05, 0.1) is 6.54 Å². The molecule has 1 aromatic rings. The molecule has 2 rings (SSSR count). The molecule has 0 N–H and O–H groups in total. The number of hydrogen-bond acceptors (Lipinski definition) is 5. The zero-order valence-corrected chi connectivity index (χ0v) is 10.4. The second kappa shape index (κ2) is 5.03. The maximum Gasteiger partial charge on any atom is 0.320 e. The van der Waals surface area contributed by atoms with Crippen LogP contribution in [0.4, 0.5) is 4.79 Å². The van der Waals surface area contributed by atoms with Crippen LogP contribution in [0.1, 0.15) is 5.82 Å². The van der Waals surface area contributed by atoms with Gasteiger partial charge >= 0.3 is 6.03 Å². The van der Waals surface area contributed by atoms with E-state index in [4.69, 9.17) is 0 Å². The van der Waals surface area contributed by atoms with Crippen LogP contribution in [0, 0.1) is 0 Å². The van der Waals surface area contributed by atoms with Gasteiger partial charge in [0.2, 0.25) is 12.3 Å². The summed E-state index contributed by atoms with van der Waals surface area (Å²) < 4.78 is 4.59. The van der Waals surface area contributed by atoms with Gasteiger partial charge < -0.3 is 19.2 Å². The number of likely N-dealkylation sites (N-methyl/N-ethyl adjacent to an activating group) is 2. The molecule has 98 valence electrons. The summed E-state index contributed by atoms with van der Waals surface area (Å²) in [7, 11) is 3.36. The van der Waals surface area contributed by atoms with E-state index < -0.39 is 0 Å². The van der Waals surface area contributed by atoms with Gasteiger partial charge in [-0.1, -0.05) is 5.16 Å². The first-order valence-electron chi connectivity index (χ1n) is 5.57. The first kappa shape index (κ1) is 12.3. The van der Waals surface area contributed by atoms with Crippen molar-refractivity contribution in [1.29, 1.82) is 0 Å². The minimum absolute atomic E-state index is 0.0809. The predicted octanol–water partition coefficient (Wildman–Crippen LogP) is -0.605. The zero-order valence-electron chi connectivity index (χ0n) is 10.4. The van der Waals surface area contributed by atoms with Crippen LogP contribution in [0.3, 0.4) is 0 Å². The van der Waals surface area contributed by atoms with Crippen molar-refractivity contribution in [3.05, 3.63) is 12.2 Å². The van der Waals surface area contributed by atoms with Crippen molar-refractivity contribution in [3.63, 3.8) is 0 Å². The van der Waals surface area contributed by atoms with Crippen molar-refractivity contribution >= 4 is 11.9 Å². The van der Waals surface area contributed by atoms with Crippen molar-refractivity contribution in [2.45, 2.75) is 6.54 Å². The Morgan fingerprint density at radius 3 is 2.89 bits per heavy atom. The lowest BCUT2D eigenvalue weighted by molar-refractivity contribution is -0.131. The highest BCUT2D eigenvalue weighted by Crippen LogP contribution is 2.06. The molecule has 0 radical (unpaired) electrons. The fourth-order valence-electron chi connectivity index (χ4n) is 1.70. The van der Waals surface area contributed by atoms with Crippen LogP contribution in [0.15, 0.2) is 10.9 Å². The summed E-state index contributed by atoms with van der Waals surface area (Å²) in [6, 6.07) is -0.115. The SMILES string of the molecule is CN(Cc1ncon1)C(=O)CN1CCN(C)C1=O. The van der Waals surface area contributed by atoms with Gasteiger partial charge in [-0.2, -0.15) is 4.98 Å². The van der Waals surface area contributed by atoms with E-state index in [0.29, 0.717) is 18.9 Å². The number of rotatable bonds is 4. The highest BCUT2D eigenvalue weighted by atomic mass is 16.5. The summed E-state index contributed by atoms with van der Waals surface area (Å²) >= 11 is 0. The molecule has 3 amide bonds.